The van der Waals surface area contributed by atoms with Crippen LogP contribution in [-0.2, 0) is 29.1 Å². The minimum absolute atomic E-state index is 0. The number of carboxylic acid groups (broad SMARTS) is 2. The van der Waals surface area contributed by atoms with E-state index in [0.29, 0.717) is 0 Å². The molecule has 0 amide bonds. The summed E-state index contributed by atoms with van der Waals surface area (Å²) in [4.78, 5) is 19.9. The second-order valence-corrected chi connectivity index (χ2v) is 1.88. The van der Waals surface area contributed by atoms with Crippen LogP contribution in [0, 0.1) is 0 Å². The Morgan fingerprint density at radius 3 is 2.00 bits per heavy atom. The summed E-state index contributed by atoms with van der Waals surface area (Å²) in [6, 6.07) is -1.06. The van der Waals surface area contributed by atoms with E-state index in [2.05, 4.69) is 0 Å². The Kier molecular flexibility index (Phi) is 13.7. The second kappa shape index (κ2) is 9.15. The fourth-order valence-corrected chi connectivity index (χ4v) is 0.402. The van der Waals surface area contributed by atoms with Gasteiger partial charge in [0.25, 0.3) is 0 Å². The maximum Gasteiger partial charge on any atom is 0.320 e. The van der Waals surface area contributed by atoms with Crippen molar-refractivity contribution >= 4 is 29.3 Å². The molecule has 0 aliphatic carbocycles. The van der Waals surface area contributed by atoms with Gasteiger partial charge in [0.2, 0.25) is 0 Å². The number of carbonyl (C=O) groups is 2. The van der Waals surface area contributed by atoms with E-state index in [-0.39, 0.29) is 49.7 Å². The van der Waals surface area contributed by atoms with Crippen LogP contribution in [0.15, 0.2) is 0 Å². The maximum atomic E-state index is 9.99. The molecular weight excluding hydrogens is 230 g/mol. The standard InChI is InChI=1S/C5H9NO4.Al.Zn.3H/c6-3(5(9)10)1-2-4(7)8;;;;;/h3H,1-2,6H2,(H,7,8)(H,9,10);;;;;/t3-;;;;;/m0...../s1. The van der Waals surface area contributed by atoms with E-state index in [9.17, 15) is 9.59 Å². The van der Waals surface area contributed by atoms with Gasteiger partial charge in [-0.25, -0.2) is 0 Å². The summed E-state index contributed by atoms with van der Waals surface area (Å²) in [6.07, 6.45) is -0.224. The van der Waals surface area contributed by atoms with Gasteiger partial charge in [-0.15, -0.1) is 0 Å². The van der Waals surface area contributed by atoms with E-state index in [1.165, 1.54) is 0 Å². The van der Waals surface area contributed by atoms with Crippen LogP contribution in [-0.4, -0.2) is 45.6 Å². The van der Waals surface area contributed by atoms with Gasteiger partial charge in [0.1, 0.15) is 6.04 Å². The SMILES string of the molecule is N[C@@H](CCC(=O)O)C(=O)O.[AlH3].[Zn]. The summed E-state index contributed by atoms with van der Waals surface area (Å²) in [5, 5.41) is 16.3. The van der Waals surface area contributed by atoms with Crippen molar-refractivity contribution in [3.8, 4) is 0 Å². The molecule has 0 rings (SSSR count). The van der Waals surface area contributed by atoms with Crippen LogP contribution < -0.4 is 5.73 Å². The van der Waals surface area contributed by atoms with E-state index < -0.39 is 18.0 Å². The Bertz CT molecular complexity index is 154. The van der Waals surface area contributed by atoms with Gasteiger partial charge in [-0.2, -0.15) is 0 Å². The Hall–Kier alpha value is 0.0558. The van der Waals surface area contributed by atoms with Gasteiger partial charge in [0.15, 0.2) is 17.4 Å². The molecule has 0 spiro atoms. The topological polar surface area (TPSA) is 101 Å². The smallest absolute Gasteiger partial charge is 0.320 e. The zero-order valence-corrected chi connectivity index (χ0v) is 8.95. The van der Waals surface area contributed by atoms with Crippen molar-refractivity contribution in [3.05, 3.63) is 0 Å². The third-order valence-corrected chi connectivity index (χ3v) is 0.986. The third kappa shape index (κ3) is 10.1. The van der Waals surface area contributed by atoms with Crippen molar-refractivity contribution in [3.63, 3.8) is 0 Å². The number of rotatable bonds is 4. The molecule has 0 aliphatic rings. The molecule has 0 aromatic heterocycles. The Labute approximate surface area is 93.2 Å². The summed E-state index contributed by atoms with van der Waals surface area (Å²) >= 11 is 0. The molecule has 7 heteroatoms. The summed E-state index contributed by atoms with van der Waals surface area (Å²) in [7, 11) is 0. The first-order valence-corrected chi connectivity index (χ1v) is 2.74. The average Bonchev–Trinajstić information content (AvgIpc) is 1.82. The van der Waals surface area contributed by atoms with E-state index in [4.69, 9.17) is 15.9 Å². The summed E-state index contributed by atoms with van der Waals surface area (Å²) in [5.74, 6) is -2.20. The van der Waals surface area contributed by atoms with E-state index >= 15 is 0 Å². The first-order chi connectivity index (χ1) is 4.54. The molecule has 0 fully saturated rings. The fraction of sp³-hybridized carbons (Fsp3) is 0.600. The zero-order valence-electron chi connectivity index (χ0n) is 5.99. The van der Waals surface area contributed by atoms with Crippen LogP contribution in [0.2, 0.25) is 0 Å². The molecule has 1 atom stereocenters. The predicted octanol–water partition coefficient (Wildman–Crippen LogP) is -1.92. The van der Waals surface area contributed by atoms with Gasteiger partial charge in [-0.3, -0.25) is 9.59 Å². The van der Waals surface area contributed by atoms with Gasteiger partial charge in [-0.05, 0) is 6.42 Å². The Morgan fingerprint density at radius 2 is 1.75 bits per heavy atom. The monoisotopic (exact) mass is 241 g/mol. The number of nitrogens with two attached hydrogens (primary N) is 1. The van der Waals surface area contributed by atoms with Gasteiger partial charge in [0.05, 0.1) is 0 Å². The molecule has 0 saturated carbocycles. The van der Waals surface area contributed by atoms with Crippen molar-refractivity contribution in [1.29, 1.82) is 0 Å². The van der Waals surface area contributed by atoms with Crippen molar-refractivity contribution in [2.45, 2.75) is 18.9 Å². The molecule has 0 unspecified atom stereocenters. The van der Waals surface area contributed by atoms with Crippen LogP contribution in [0.25, 0.3) is 0 Å². The molecule has 66 valence electrons. The quantitative estimate of drug-likeness (QED) is 0.499. The molecule has 5 nitrogen and oxygen atoms in total. The van der Waals surface area contributed by atoms with E-state index in [1.807, 2.05) is 0 Å². The number of hydrogen-bond donors (Lipinski definition) is 3. The largest absolute Gasteiger partial charge is 0.481 e. The van der Waals surface area contributed by atoms with Crippen molar-refractivity contribution in [1.82, 2.24) is 0 Å². The molecule has 4 N–H and O–H groups in total. The molecule has 0 aromatic rings. The predicted molar refractivity (Wildman–Crippen MR) is 42.4 cm³/mol. The number of aliphatic carboxylic acids is 2. The van der Waals surface area contributed by atoms with Crippen molar-refractivity contribution < 1.29 is 39.3 Å². The van der Waals surface area contributed by atoms with Crippen LogP contribution in [0.4, 0.5) is 0 Å². The first kappa shape index (κ1) is 18.0. The van der Waals surface area contributed by atoms with Crippen LogP contribution in [0.1, 0.15) is 12.8 Å². The van der Waals surface area contributed by atoms with Crippen LogP contribution in [0.5, 0.6) is 0 Å². The van der Waals surface area contributed by atoms with E-state index in [0.717, 1.165) is 0 Å². The van der Waals surface area contributed by atoms with Gasteiger partial charge < -0.3 is 15.9 Å². The molecule has 0 heterocycles. The molecule has 0 bridgehead atoms. The van der Waals surface area contributed by atoms with Gasteiger partial charge >= 0.3 is 11.9 Å². The molecule has 0 radical (unpaired) electrons. The molecule has 12 heavy (non-hydrogen) atoms. The summed E-state index contributed by atoms with van der Waals surface area (Å²) in [5.41, 5.74) is 5.00. The fourth-order valence-electron chi connectivity index (χ4n) is 0.402. The minimum atomic E-state index is -1.17. The zero-order chi connectivity index (χ0) is 8.15. The summed E-state index contributed by atoms with van der Waals surface area (Å²) < 4.78 is 0. The van der Waals surface area contributed by atoms with Crippen molar-refractivity contribution in [2.75, 3.05) is 0 Å². The Morgan fingerprint density at radius 1 is 1.33 bits per heavy atom. The molecule has 0 saturated heterocycles. The third-order valence-electron chi connectivity index (χ3n) is 0.986. The molecular formula is C5H12AlNO4Zn. The normalized spacial score (nSPS) is 10.4. The maximum absolute atomic E-state index is 9.99. The van der Waals surface area contributed by atoms with Gasteiger partial charge in [-0.1, -0.05) is 0 Å². The van der Waals surface area contributed by atoms with Crippen molar-refractivity contribution in [2.24, 2.45) is 5.73 Å². The minimum Gasteiger partial charge on any atom is -0.481 e. The van der Waals surface area contributed by atoms with Crippen LogP contribution >= 0.6 is 0 Å². The van der Waals surface area contributed by atoms with Gasteiger partial charge in [0, 0.05) is 25.9 Å². The Balaban J connectivity index is -0.000000405. The molecule has 0 aliphatic heterocycles. The number of carboxylic acids is 2. The summed E-state index contributed by atoms with van der Waals surface area (Å²) in [6.45, 7) is 0. The van der Waals surface area contributed by atoms with Crippen LogP contribution in [0.3, 0.4) is 0 Å². The second-order valence-electron chi connectivity index (χ2n) is 1.88. The number of hydrogen-bond acceptors (Lipinski definition) is 3. The first-order valence-electron chi connectivity index (χ1n) is 2.74. The molecule has 0 aromatic carbocycles. The average molecular weight is 243 g/mol. The van der Waals surface area contributed by atoms with E-state index in [1.54, 1.807) is 0 Å².